The van der Waals surface area contributed by atoms with Crippen LogP contribution in [0.4, 0.5) is 4.39 Å². The van der Waals surface area contributed by atoms with E-state index in [1.807, 2.05) is 6.07 Å². The summed E-state index contributed by atoms with van der Waals surface area (Å²) < 4.78 is 14.6. The lowest BCUT2D eigenvalue weighted by molar-refractivity contribution is 0.196. The van der Waals surface area contributed by atoms with E-state index in [0.717, 1.165) is 10.7 Å². The van der Waals surface area contributed by atoms with Crippen molar-refractivity contribution in [1.29, 1.82) is 0 Å². The van der Waals surface area contributed by atoms with Crippen LogP contribution >= 0.6 is 11.8 Å². The fraction of sp³-hybridized carbons (Fsp3) is 0.333. The Kier molecular flexibility index (Phi) is 4.33. The number of hydrogen-bond donors (Lipinski definition) is 1. The first-order chi connectivity index (χ1) is 8.65. The van der Waals surface area contributed by atoms with Gasteiger partial charge in [0.25, 0.3) is 0 Å². The second kappa shape index (κ2) is 5.97. The molecule has 0 bridgehead atoms. The van der Waals surface area contributed by atoms with E-state index < -0.39 is 6.10 Å². The van der Waals surface area contributed by atoms with Crippen molar-refractivity contribution in [1.82, 2.24) is 14.8 Å². The fourth-order valence-corrected chi connectivity index (χ4v) is 2.40. The minimum absolute atomic E-state index is 0.261. The minimum atomic E-state index is -0.527. The van der Waals surface area contributed by atoms with Gasteiger partial charge < -0.3 is 5.11 Å². The summed E-state index contributed by atoms with van der Waals surface area (Å²) in [5.41, 5.74) is 0. The maximum Gasteiger partial charge on any atom is 0.138 e. The van der Waals surface area contributed by atoms with Crippen molar-refractivity contribution in [2.45, 2.75) is 17.4 Å². The molecule has 0 radical (unpaired) electrons. The number of aromatic nitrogens is 3. The van der Waals surface area contributed by atoms with Gasteiger partial charge in [-0.2, -0.15) is 5.10 Å². The van der Waals surface area contributed by atoms with Crippen molar-refractivity contribution in [2.75, 3.05) is 5.75 Å². The molecule has 0 saturated carbocycles. The SMILES string of the molecule is Cn1ncnc1CC(O)CSc1cccc(F)c1. The molecule has 0 aliphatic heterocycles. The van der Waals surface area contributed by atoms with Gasteiger partial charge in [-0.15, -0.1) is 11.8 Å². The van der Waals surface area contributed by atoms with E-state index in [1.165, 1.54) is 30.2 Å². The molecule has 2 rings (SSSR count). The molecule has 1 heterocycles. The molecule has 1 atom stereocenters. The zero-order valence-electron chi connectivity index (χ0n) is 9.95. The van der Waals surface area contributed by atoms with Gasteiger partial charge in [0.2, 0.25) is 0 Å². The number of halogens is 1. The first-order valence-electron chi connectivity index (χ1n) is 5.54. The van der Waals surface area contributed by atoms with Gasteiger partial charge in [-0.3, -0.25) is 4.68 Å². The predicted molar refractivity (Wildman–Crippen MR) is 67.8 cm³/mol. The van der Waals surface area contributed by atoms with Crippen molar-refractivity contribution in [3.05, 3.63) is 42.2 Å². The highest BCUT2D eigenvalue weighted by atomic mass is 32.2. The highest BCUT2D eigenvalue weighted by Gasteiger charge is 2.10. The number of aliphatic hydroxyl groups excluding tert-OH is 1. The second-order valence-corrected chi connectivity index (χ2v) is 5.02. The van der Waals surface area contributed by atoms with Crippen molar-refractivity contribution in [2.24, 2.45) is 7.05 Å². The highest BCUT2D eigenvalue weighted by molar-refractivity contribution is 7.99. The molecule has 0 amide bonds. The average molecular weight is 267 g/mol. The number of aliphatic hydroxyl groups is 1. The van der Waals surface area contributed by atoms with E-state index in [-0.39, 0.29) is 5.82 Å². The van der Waals surface area contributed by atoms with Gasteiger partial charge >= 0.3 is 0 Å². The van der Waals surface area contributed by atoms with Crippen molar-refractivity contribution < 1.29 is 9.50 Å². The number of aryl methyl sites for hydroxylation is 1. The van der Waals surface area contributed by atoms with Gasteiger partial charge in [-0.25, -0.2) is 9.37 Å². The Morgan fingerprint density at radius 2 is 2.33 bits per heavy atom. The molecule has 0 aliphatic rings. The summed E-state index contributed by atoms with van der Waals surface area (Å²) in [4.78, 5) is 4.86. The lowest BCUT2D eigenvalue weighted by Crippen LogP contribution is -2.16. The number of benzene rings is 1. The van der Waals surface area contributed by atoms with Crippen LogP contribution in [0.25, 0.3) is 0 Å². The average Bonchev–Trinajstić information content (AvgIpc) is 2.73. The molecule has 0 aliphatic carbocycles. The summed E-state index contributed by atoms with van der Waals surface area (Å²) in [5.74, 6) is 0.973. The van der Waals surface area contributed by atoms with Crippen LogP contribution in [0.1, 0.15) is 5.82 Å². The molecule has 18 heavy (non-hydrogen) atoms. The molecule has 1 unspecified atom stereocenters. The quantitative estimate of drug-likeness (QED) is 0.837. The third-order valence-corrected chi connectivity index (χ3v) is 3.60. The summed E-state index contributed by atoms with van der Waals surface area (Å²) in [6.45, 7) is 0. The smallest absolute Gasteiger partial charge is 0.138 e. The molecule has 0 spiro atoms. The van der Waals surface area contributed by atoms with Crippen LogP contribution in [-0.2, 0) is 13.5 Å². The number of rotatable bonds is 5. The van der Waals surface area contributed by atoms with E-state index >= 15 is 0 Å². The molecular weight excluding hydrogens is 253 g/mol. The van der Waals surface area contributed by atoms with E-state index in [4.69, 9.17) is 0 Å². The first-order valence-corrected chi connectivity index (χ1v) is 6.53. The lowest BCUT2D eigenvalue weighted by Gasteiger charge is -2.09. The molecule has 1 aromatic heterocycles. The second-order valence-electron chi connectivity index (χ2n) is 3.93. The molecule has 6 heteroatoms. The van der Waals surface area contributed by atoms with Crippen LogP contribution in [0, 0.1) is 5.82 Å². The first kappa shape index (κ1) is 13.0. The highest BCUT2D eigenvalue weighted by Crippen LogP contribution is 2.20. The Bertz CT molecular complexity index is 518. The zero-order valence-corrected chi connectivity index (χ0v) is 10.8. The molecule has 1 aromatic carbocycles. The lowest BCUT2D eigenvalue weighted by atomic mass is 10.3. The Morgan fingerprint density at radius 3 is 3.00 bits per heavy atom. The van der Waals surface area contributed by atoms with Gasteiger partial charge in [-0.1, -0.05) is 6.07 Å². The van der Waals surface area contributed by atoms with Gasteiger partial charge in [0.15, 0.2) is 0 Å². The standard InChI is InChI=1S/C12H14FN3OS/c1-16-12(14-8-15-16)6-10(17)7-18-11-4-2-3-9(13)5-11/h2-5,8,10,17H,6-7H2,1H3. The summed E-state index contributed by atoms with van der Waals surface area (Å²) in [6.07, 6.45) is 1.38. The number of nitrogens with zero attached hydrogens (tertiary/aromatic N) is 3. The Balaban J connectivity index is 1.85. The largest absolute Gasteiger partial charge is 0.392 e. The Hall–Kier alpha value is -1.40. The van der Waals surface area contributed by atoms with Crippen molar-refractivity contribution >= 4 is 11.8 Å². The van der Waals surface area contributed by atoms with Crippen LogP contribution in [0.5, 0.6) is 0 Å². The van der Waals surface area contributed by atoms with Gasteiger partial charge in [0.1, 0.15) is 18.0 Å². The Labute approximate surface area is 109 Å². The van der Waals surface area contributed by atoms with Crippen LogP contribution < -0.4 is 0 Å². The van der Waals surface area contributed by atoms with E-state index in [0.29, 0.717) is 12.2 Å². The van der Waals surface area contributed by atoms with Crippen LogP contribution in [-0.4, -0.2) is 31.7 Å². The normalized spacial score (nSPS) is 12.6. The fourth-order valence-electron chi connectivity index (χ4n) is 1.52. The monoisotopic (exact) mass is 267 g/mol. The molecule has 4 nitrogen and oxygen atoms in total. The number of thioether (sulfide) groups is 1. The third kappa shape index (κ3) is 3.54. The maximum atomic E-state index is 13.0. The summed E-state index contributed by atoms with van der Waals surface area (Å²) in [5, 5.41) is 13.8. The Morgan fingerprint density at radius 1 is 1.50 bits per heavy atom. The summed E-state index contributed by atoms with van der Waals surface area (Å²) in [6, 6.07) is 6.34. The van der Waals surface area contributed by atoms with E-state index in [1.54, 1.807) is 17.8 Å². The molecule has 2 aromatic rings. The van der Waals surface area contributed by atoms with Gasteiger partial charge in [-0.05, 0) is 18.2 Å². The van der Waals surface area contributed by atoms with Crippen molar-refractivity contribution in [3.63, 3.8) is 0 Å². The van der Waals surface area contributed by atoms with Crippen LogP contribution in [0.2, 0.25) is 0 Å². The maximum absolute atomic E-state index is 13.0. The summed E-state index contributed by atoms with van der Waals surface area (Å²) >= 11 is 1.42. The third-order valence-electron chi connectivity index (χ3n) is 2.46. The molecular formula is C12H14FN3OS. The van der Waals surface area contributed by atoms with Gasteiger partial charge in [0, 0.05) is 24.1 Å². The van der Waals surface area contributed by atoms with E-state index in [9.17, 15) is 9.50 Å². The number of hydrogen-bond acceptors (Lipinski definition) is 4. The molecule has 0 saturated heterocycles. The predicted octanol–water partition coefficient (Wildman–Crippen LogP) is 1.65. The molecule has 0 fully saturated rings. The topological polar surface area (TPSA) is 50.9 Å². The van der Waals surface area contributed by atoms with Crippen molar-refractivity contribution in [3.8, 4) is 0 Å². The summed E-state index contributed by atoms with van der Waals surface area (Å²) in [7, 11) is 1.79. The molecule has 96 valence electrons. The zero-order chi connectivity index (χ0) is 13.0. The molecule has 1 N–H and O–H groups in total. The minimum Gasteiger partial charge on any atom is -0.392 e. The van der Waals surface area contributed by atoms with Crippen LogP contribution in [0.15, 0.2) is 35.5 Å². The van der Waals surface area contributed by atoms with Gasteiger partial charge in [0.05, 0.1) is 6.10 Å². The van der Waals surface area contributed by atoms with E-state index in [2.05, 4.69) is 10.1 Å². The van der Waals surface area contributed by atoms with Crippen LogP contribution in [0.3, 0.4) is 0 Å².